The van der Waals surface area contributed by atoms with Gasteiger partial charge in [-0.15, -0.1) is 0 Å². The summed E-state index contributed by atoms with van der Waals surface area (Å²) in [6.45, 7) is 2.32. The van der Waals surface area contributed by atoms with E-state index in [4.69, 9.17) is 0 Å². The molecule has 2 saturated carbocycles. The first kappa shape index (κ1) is 5.72. The third-order valence-electron chi connectivity index (χ3n) is 3.17. The number of aliphatic hydroxyl groups is 1. The van der Waals surface area contributed by atoms with E-state index in [0.29, 0.717) is 5.92 Å². The molecule has 0 spiro atoms. The van der Waals surface area contributed by atoms with Crippen molar-refractivity contribution in [2.24, 2.45) is 17.8 Å². The molecule has 0 aliphatic heterocycles. The summed E-state index contributed by atoms with van der Waals surface area (Å²) in [4.78, 5) is 0. The van der Waals surface area contributed by atoms with Crippen LogP contribution in [0, 0.1) is 17.8 Å². The summed E-state index contributed by atoms with van der Waals surface area (Å²) in [5, 5.41) is 9.34. The maximum Gasteiger partial charge on any atom is 0.0571 e. The van der Waals surface area contributed by atoms with Crippen LogP contribution in [0.5, 0.6) is 0 Å². The lowest BCUT2D eigenvalue weighted by Gasteiger charge is -2.20. The lowest BCUT2D eigenvalue weighted by molar-refractivity contribution is 0.0985. The highest BCUT2D eigenvalue weighted by atomic mass is 16.3. The fourth-order valence-electron chi connectivity index (χ4n) is 2.53. The van der Waals surface area contributed by atoms with E-state index in [-0.39, 0.29) is 6.10 Å². The van der Waals surface area contributed by atoms with Crippen molar-refractivity contribution in [3.05, 3.63) is 0 Å². The van der Waals surface area contributed by atoms with Gasteiger partial charge in [0.2, 0.25) is 0 Å². The van der Waals surface area contributed by atoms with Crippen LogP contribution in [0.2, 0.25) is 0 Å². The van der Waals surface area contributed by atoms with E-state index in [1.54, 1.807) is 0 Å². The van der Waals surface area contributed by atoms with Crippen molar-refractivity contribution in [3.8, 4) is 0 Å². The summed E-state index contributed by atoms with van der Waals surface area (Å²) in [6.07, 6.45) is 3.74. The number of fused-ring (bicyclic) bond motifs is 2. The summed E-state index contributed by atoms with van der Waals surface area (Å²) in [5.74, 6) is 2.44. The van der Waals surface area contributed by atoms with Crippen LogP contribution in [0.1, 0.15) is 26.2 Å². The zero-order valence-corrected chi connectivity index (χ0v) is 5.88. The Kier molecular flexibility index (Phi) is 1.10. The van der Waals surface area contributed by atoms with Gasteiger partial charge in [-0.2, -0.15) is 0 Å². The average molecular weight is 126 g/mol. The van der Waals surface area contributed by atoms with Gasteiger partial charge in [0.1, 0.15) is 0 Å². The lowest BCUT2D eigenvalue weighted by Crippen LogP contribution is -2.19. The Balaban J connectivity index is 2.10. The Bertz CT molecular complexity index is 104. The fourth-order valence-corrected chi connectivity index (χ4v) is 2.53. The van der Waals surface area contributed by atoms with Gasteiger partial charge in [-0.1, -0.05) is 6.92 Å². The molecular weight excluding hydrogens is 112 g/mol. The molecule has 9 heavy (non-hydrogen) atoms. The quantitative estimate of drug-likeness (QED) is 0.520. The second-order valence-electron chi connectivity index (χ2n) is 3.77. The Morgan fingerprint density at radius 3 is 2.22 bits per heavy atom. The van der Waals surface area contributed by atoms with E-state index in [1.165, 1.54) is 12.8 Å². The molecule has 0 saturated heterocycles. The molecule has 1 nitrogen and oxygen atoms in total. The molecular formula is C8H14O. The number of rotatable bonds is 0. The summed E-state index contributed by atoms with van der Waals surface area (Å²) in [6, 6.07) is 0. The van der Waals surface area contributed by atoms with E-state index >= 15 is 0 Å². The molecule has 0 amide bonds. The first-order chi connectivity index (χ1) is 4.27. The molecule has 2 aliphatic carbocycles. The summed E-state index contributed by atoms with van der Waals surface area (Å²) in [7, 11) is 0. The van der Waals surface area contributed by atoms with Crippen molar-refractivity contribution in [2.45, 2.75) is 32.3 Å². The number of hydrogen-bond acceptors (Lipinski definition) is 1. The van der Waals surface area contributed by atoms with Crippen LogP contribution in [0.15, 0.2) is 0 Å². The molecule has 0 aromatic carbocycles. The molecule has 2 rings (SSSR count). The molecule has 0 aromatic rings. The predicted molar refractivity (Wildman–Crippen MR) is 36.0 cm³/mol. The normalized spacial score (nSPS) is 56.7. The van der Waals surface area contributed by atoms with Gasteiger partial charge in [0.25, 0.3) is 0 Å². The summed E-state index contributed by atoms with van der Waals surface area (Å²) < 4.78 is 0. The van der Waals surface area contributed by atoms with Crippen LogP contribution >= 0.6 is 0 Å². The Morgan fingerprint density at radius 1 is 1.11 bits per heavy atom. The second-order valence-corrected chi connectivity index (χ2v) is 3.77. The van der Waals surface area contributed by atoms with Gasteiger partial charge in [0, 0.05) is 0 Å². The third-order valence-corrected chi connectivity index (χ3v) is 3.17. The van der Waals surface area contributed by atoms with Gasteiger partial charge >= 0.3 is 0 Å². The minimum Gasteiger partial charge on any atom is -0.393 e. The summed E-state index contributed by atoms with van der Waals surface area (Å²) >= 11 is 0. The number of hydrogen-bond donors (Lipinski definition) is 1. The molecule has 2 fully saturated rings. The zero-order chi connectivity index (χ0) is 6.43. The van der Waals surface area contributed by atoms with Gasteiger partial charge in [0.15, 0.2) is 0 Å². The highest BCUT2D eigenvalue weighted by Gasteiger charge is 2.42. The van der Waals surface area contributed by atoms with Crippen LogP contribution in [0.25, 0.3) is 0 Å². The first-order valence-electron chi connectivity index (χ1n) is 3.95. The van der Waals surface area contributed by atoms with Crippen LogP contribution in [-0.2, 0) is 0 Å². The van der Waals surface area contributed by atoms with Crippen LogP contribution < -0.4 is 0 Å². The largest absolute Gasteiger partial charge is 0.393 e. The average Bonchev–Trinajstić information content (AvgIpc) is 2.24. The molecule has 0 heterocycles. The zero-order valence-electron chi connectivity index (χ0n) is 5.88. The second kappa shape index (κ2) is 1.72. The van der Waals surface area contributed by atoms with Crippen molar-refractivity contribution in [1.82, 2.24) is 0 Å². The Morgan fingerprint density at radius 2 is 1.89 bits per heavy atom. The third kappa shape index (κ3) is 0.710. The molecule has 1 N–H and O–H groups in total. The minimum atomic E-state index is 0.0613. The molecule has 0 radical (unpaired) electrons. The van der Waals surface area contributed by atoms with Crippen molar-refractivity contribution in [2.75, 3.05) is 0 Å². The molecule has 52 valence electrons. The minimum absolute atomic E-state index is 0.0613. The maximum atomic E-state index is 9.34. The van der Waals surface area contributed by atoms with Gasteiger partial charge < -0.3 is 5.11 Å². The molecule has 4 atom stereocenters. The molecule has 4 unspecified atom stereocenters. The van der Waals surface area contributed by atoms with E-state index in [9.17, 15) is 5.11 Å². The van der Waals surface area contributed by atoms with Crippen molar-refractivity contribution >= 4 is 0 Å². The Labute approximate surface area is 56.1 Å². The smallest absolute Gasteiger partial charge is 0.0571 e. The van der Waals surface area contributed by atoms with E-state index < -0.39 is 0 Å². The van der Waals surface area contributed by atoms with Crippen molar-refractivity contribution in [1.29, 1.82) is 0 Å². The van der Waals surface area contributed by atoms with Gasteiger partial charge in [-0.25, -0.2) is 0 Å². The van der Waals surface area contributed by atoms with Crippen molar-refractivity contribution in [3.63, 3.8) is 0 Å². The van der Waals surface area contributed by atoms with Gasteiger partial charge in [0.05, 0.1) is 6.10 Å². The first-order valence-corrected chi connectivity index (χ1v) is 3.95. The van der Waals surface area contributed by atoms with Crippen LogP contribution in [-0.4, -0.2) is 11.2 Å². The fraction of sp³-hybridized carbons (Fsp3) is 1.00. The molecule has 0 aromatic heterocycles. The topological polar surface area (TPSA) is 20.2 Å². The van der Waals surface area contributed by atoms with E-state index in [1.807, 2.05) is 0 Å². The SMILES string of the molecule is CC1CC2CC1CC2O. The van der Waals surface area contributed by atoms with Crippen LogP contribution in [0.3, 0.4) is 0 Å². The lowest BCUT2D eigenvalue weighted by atomic mass is 9.89. The van der Waals surface area contributed by atoms with Gasteiger partial charge in [-0.05, 0) is 37.0 Å². The van der Waals surface area contributed by atoms with Crippen molar-refractivity contribution < 1.29 is 5.11 Å². The molecule has 1 heteroatoms. The monoisotopic (exact) mass is 126 g/mol. The standard InChI is InChI=1S/C8H14O/c1-5-2-7-3-6(5)4-8(7)9/h5-9H,2-4H2,1H3. The Hall–Kier alpha value is -0.0400. The summed E-state index contributed by atoms with van der Waals surface area (Å²) in [5.41, 5.74) is 0. The predicted octanol–water partition coefficient (Wildman–Crippen LogP) is 1.41. The highest BCUT2D eigenvalue weighted by molar-refractivity contribution is 4.93. The van der Waals surface area contributed by atoms with E-state index in [0.717, 1.165) is 18.3 Å². The molecule has 2 bridgehead atoms. The number of aliphatic hydroxyl groups excluding tert-OH is 1. The van der Waals surface area contributed by atoms with E-state index in [2.05, 4.69) is 6.92 Å². The maximum absolute atomic E-state index is 9.34. The van der Waals surface area contributed by atoms with Gasteiger partial charge in [-0.3, -0.25) is 0 Å². The molecule has 2 aliphatic rings. The van der Waals surface area contributed by atoms with Crippen LogP contribution in [0.4, 0.5) is 0 Å². The highest BCUT2D eigenvalue weighted by Crippen LogP contribution is 2.47.